The van der Waals surface area contributed by atoms with E-state index in [9.17, 15) is 9.90 Å². The molecule has 9 nitrogen and oxygen atoms in total. The van der Waals surface area contributed by atoms with Gasteiger partial charge in [0.05, 0.1) is 18.8 Å². The molecular weight excluding hydrogens is 566 g/mol. The molecule has 3 heterocycles. The summed E-state index contributed by atoms with van der Waals surface area (Å²) in [4.78, 5) is 25.0. The molecule has 2 saturated heterocycles. The number of aromatic nitrogens is 2. The van der Waals surface area contributed by atoms with Crippen LogP contribution in [0.25, 0.3) is 11.1 Å². The number of hydrogen-bond donors (Lipinski definition) is 2. The number of aliphatic hydroxyl groups excluding tert-OH is 1. The molecule has 234 valence electrons. The van der Waals surface area contributed by atoms with Gasteiger partial charge in [-0.3, -0.25) is 9.69 Å². The van der Waals surface area contributed by atoms with Gasteiger partial charge in [0.1, 0.15) is 0 Å². The number of piperazine rings is 1. The molecule has 6 rings (SSSR count). The van der Waals surface area contributed by atoms with Crippen molar-refractivity contribution in [3.63, 3.8) is 0 Å². The van der Waals surface area contributed by atoms with Crippen molar-refractivity contribution in [2.45, 2.75) is 45.5 Å². The lowest BCUT2D eigenvalue weighted by Crippen LogP contribution is -2.51. The fraction of sp³-hybridized carbons (Fsp3) is 0.361. The predicted octanol–water partition coefficient (Wildman–Crippen LogP) is 4.89. The van der Waals surface area contributed by atoms with Crippen molar-refractivity contribution in [1.29, 1.82) is 0 Å². The Bertz CT molecular complexity index is 1560. The number of anilines is 1. The minimum atomic E-state index is -0.546. The summed E-state index contributed by atoms with van der Waals surface area (Å²) in [5.41, 5.74) is 6.07. The van der Waals surface area contributed by atoms with Gasteiger partial charge in [-0.05, 0) is 46.0 Å². The number of rotatable bonds is 9. The van der Waals surface area contributed by atoms with Crippen molar-refractivity contribution in [1.82, 2.24) is 20.2 Å². The highest BCUT2D eigenvalue weighted by molar-refractivity contribution is 5.73. The molecular formula is C36H41N5O4. The fourth-order valence-electron chi connectivity index (χ4n) is 6.12. The molecule has 2 fully saturated rings. The smallest absolute Gasteiger partial charge is 0.225 e. The number of hydrogen-bond acceptors (Lipinski definition) is 8. The van der Waals surface area contributed by atoms with E-state index in [1.54, 1.807) is 12.4 Å². The topological polar surface area (TPSA) is 100 Å². The zero-order valence-corrected chi connectivity index (χ0v) is 25.9. The Morgan fingerprint density at radius 2 is 1.58 bits per heavy atom. The number of benzene rings is 3. The highest BCUT2D eigenvalue weighted by atomic mass is 16.7. The van der Waals surface area contributed by atoms with E-state index in [0.717, 1.165) is 72.1 Å². The quantitative estimate of drug-likeness (QED) is 0.278. The lowest BCUT2D eigenvalue weighted by Gasteiger charge is -2.44. The first kappa shape index (κ1) is 30.9. The fourth-order valence-corrected chi connectivity index (χ4v) is 6.12. The second-order valence-electron chi connectivity index (χ2n) is 11.9. The first-order valence-corrected chi connectivity index (χ1v) is 15.7. The van der Waals surface area contributed by atoms with Crippen LogP contribution >= 0.6 is 0 Å². The van der Waals surface area contributed by atoms with Crippen LogP contribution in [0.2, 0.25) is 0 Å². The highest BCUT2D eigenvalue weighted by Gasteiger charge is 2.39. The highest BCUT2D eigenvalue weighted by Crippen LogP contribution is 2.42. The lowest BCUT2D eigenvalue weighted by molar-refractivity contribution is -0.276. The Morgan fingerprint density at radius 1 is 0.867 bits per heavy atom. The lowest BCUT2D eigenvalue weighted by atomic mass is 9.89. The molecule has 2 N–H and O–H groups in total. The van der Waals surface area contributed by atoms with E-state index in [1.807, 2.05) is 36.4 Å². The van der Waals surface area contributed by atoms with Crippen molar-refractivity contribution in [2.75, 3.05) is 37.6 Å². The van der Waals surface area contributed by atoms with E-state index in [-0.39, 0.29) is 30.6 Å². The molecule has 45 heavy (non-hydrogen) atoms. The van der Waals surface area contributed by atoms with Crippen molar-refractivity contribution in [3.8, 4) is 11.1 Å². The maximum Gasteiger partial charge on any atom is 0.225 e. The Kier molecular flexibility index (Phi) is 9.81. The van der Waals surface area contributed by atoms with E-state index in [4.69, 9.17) is 9.47 Å². The van der Waals surface area contributed by atoms with Crippen LogP contribution in [0.3, 0.4) is 0 Å². The van der Waals surface area contributed by atoms with Gasteiger partial charge in [-0.1, -0.05) is 67.6 Å². The van der Waals surface area contributed by atoms with Gasteiger partial charge < -0.3 is 24.8 Å². The molecule has 9 heteroatoms. The number of carbonyl (C=O) groups excluding carboxylic acids is 1. The second-order valence-corrected chi connectivity index (χ2v) is 11.9. The third-order valence-electron chi connectivity index (χ3n) is 8.73. The first-order valence-electron chi connectivity index (χ1n) is 15.7. The van der Waals surface area contributed by atoms with Crippen LogP contribution in [0.15, 0.2) is 91.3 Å². The summed E-state index contributed by atoms with van der Waals surface area (Å²) in [6.07, 6.45) is 2.80. The van der Waals surface area contributed by atoms with Crippen LogP contribution in [0.1, 0.15) is 48.5 Å². The Hall–Kier alpha value is -4.15. The van der Waals surface area contributed by atoms with E-state index < -0.39 is 6.29 Å². The minimum absolute atomic E-state index is 0.00846. The molecule has 3 aromatic carbocycles. The number of amides is 1. The summed E-state index contributed by atoms with van der Waals surface area (Å²) >= 11 is 0. The molecule has 0 aliphatic carbocycles. The summed E-state index contributed by atoms with van der Waals surface area (Å²) in [5.74, 6) is 0.829. The van der Waals surface area contributed by atoms with E-state index in [0.29, 0.717) is 6.54 Å². The van der Waals surface area contributed by atoms with E-state index in [2.05, 4.69) is 74.5 Å². The molecule has 4 aromatic rings. The van der Waals surface area contributed by atoms with Crippen LogP contribution in [-0.4, -0.2) is 64.7 Å². The third-order valence-corrected chi connectivity index (χ3v) is 8.73. The minimum Gasteiger partial charge on any atom is -0.392 e. The maximum atomic E-state index is 11.4. The molecule has 0 spiro atoms. The van der Waals surface area contributed by atoms with E-state index in [1.165, 1.54) is 6.92 Å². The van der Waals surface area contributed by atoms with Gasteiger partial charge in [0.15, 0.2) is 6.29 Å². The maximum absolute atomic E-state index is 11.4. The SMILES string of the molecule is CC(=O)NCc1cccc(-c2cccc([C@H]3O[C@@H](CN4CCN(c5ncccn5)CC4)[C@@H](C)[C@@H](c4ccc(CO)cc4)O3)c2)c1. The number of nitrogens with one attached hydrogen (secondary N) is 1. The summed E-state index contributed by atoms with van der Waals surface area (Å²) in [6, 6.07) is 26.4. The number of carbonyl (C=O) groups is 1. The van der Waals surface area contributed by atoms with Crippen molar-refractivity contribution >= 4 is 11.9 Å². The summed E-state index contributed by atoms with van der Waals surface area (Å²) in [5, 5.41) is 12.5. The first-order chi connectivity index (χ1) is 22.0. The summed E-state index contributed by atoms with van der Waals surface area (Å²) in [6.45, 7) is 8.54. The molecule has 1 amide bonds. The zero-order chi connectivity index (χ0) is 31.2. The average Bonchev–Trinajstić information content (AvgIpc) is 3.09. The standard InChI is InChI=1S/C36H41N5O4/c1-25-33(23-40-16-18-41(19-17-40)36-37-14-5-15-38-36)44-35(45-34(25)29-12-10-27(24-42)11-13-29)32-9-4-8-31(21-32)30-7-3-6-28(20-30)22-39-26(2)43/h3-15,20-21,25,33-35,42H,16-19,22-24H2,1-2H3,(H,39,43)/t25-,33+,34+,35+/m1/s1. The van der Waals surface area contributed by atoms with Gasteiger partial charge in [0, 0.05) is 70.1 Å². The normalized spacial score (nSPS) is 22.2. The number of aliphatic hydroxyl groups is 1. The van der Waals surface area contributed by atoms with Crippen molar-refractivity contribution in [2.24, 2.45) is 5.92 Å². The Balaban J connectivity index is 1.22. The van der Waals surface area contributed by atoms with Gasteiger partial charge in [0.2, 0.25) is 11.9 Å². The number of nitrogens with zero attached hydrogens (tertiary/aromatic N) is 4. The Labute approximate surface area is 264 Å². The van der Waals surface area contributed by atoms with Crippen LogP contribution in [0.5, 0.6) is 0 Å². The zero-order valence-electron chi connectivity index (χ0n) is 25.9. The molecule has 0 unspecified atom stereocenters. The van der Waals surface area contributed by atoms with Crippen molar-refractivity contribution in [3.05, 3.63) is 114 Å². The van der Waals surface area contributed by atoms with Crippen LogP contribution in [0, 0.1) is 5.92 Å². The van der Waals surface area contributed by atoms with Crippen LogP contribution < -0.4 is 10.2 Å². The molecule has 2 aliphatic heterocycles. The van der Waals surface area contributed by atoms with E-state index >= 15 is 0 Å². The van der Waals surface area contributed by atoms with Gasteiger partial charge in [-0.2, -0.15) is 0 Å². The molecule has 0 radical (unpaired) electrons. The van der Waals surface area contributed by atoms with Crippen LogP contribution in [-0.2, 0) is 27.4 Å². The van der Waals surface area contributed by atoms with Crippen molar-refractivity contribution < 1.29 is 19.4 Å². The third kappa shape index (κ3) is 7.57. The average molecular weight is 608 g/mol. The van der Waals surface area contributed by atoms with Gasteiger partial charge in [0.25, 0.3) is 0 Å². The van der Waals surface area contributed by atoms with Gasteiger partial charge >= 0.3 is 0 Å². The molecule has 1 aromatic heterocycles. The van der Waals surface area contributed by atoms with Gasteiger partial charge in [-0.25, -0.2) is 9.97 Å². The number of ether oxygens (including phenoxy) is 2. The van der Waals surface area contributed by atoms with Crippen LogP contribution in [0.4, 0.5) is 5.95 Å². The summed E-state index contributed by atoms with van der Waals surface area (Å²) < 4.78 is 13.5. The second kappa shape index (κ2) is 14.3. The Morgan fingerprint density at radius 3 is 2.29 bits per heavy atom. The molecule has 0 saturated carbocycles. The monoisotopic (exact) mass is 607 g/mol. The molecule has 0 bridgehead atoms. The van der Waals surface area contributed by atoms with Gasteiger partial charge in [-0.15, -0.1) is 0 Å². The molecule has 4 atom stereocenters. The predicted molar refractivity (Wildman–Crippen MR) is 173 cm³/mol. The largest absolute Gasteiger partial charge is 0.392 e. The summed E-state index contributed by atoms with van der Waals surface area (Å²) in [7, 11) is 0. The molecule has 2 aliphatic rings.